The molecule has 1 fully saturated rings. The second-order valence-electron chi connectivity index (χ2n) is 18.6. The molecule has 8 atom stereocenters. The summed E-state index contributed by atoms with van der Waals surface area (Å²) in [4.78, 5) is 23.5. The van der Waals surface area contributed by atoms with Crippen LogP contribution in [0.3, 0.4) is 0 Å². The molecule has 0 aromatic rings. The molecule has 9 N–H and O–H groups in total. The third kappa shape index (κ3) is 30.9. The summed E-state index contributed by atoms with van der Waals surface area (Å²) in [5.74, 6) is -0.599. The summed E-state index contributed by atoms with van der Waals surface area (Å²) in [7, 11) is -5.15. The molecule has 0 bridgehead atoms. The lowest BCUT2D eigenvalue weighted by Crippen LogP contribution is -2.64. The van der Waals surface area contributed by atoms with Crippen LogP contribution in [-0.2, 0) is 18.4 Å². The average Bonchev–Trinajstić information content (AvgIpc) is 3.27. The lowest BCUT2D eigenvalue weighted by atomic mass is 9.85. The Morgan fingerprint density at radius 2 is 0.922 bits per heavy atom. The van der Waals surface area contributed by atoms with Gasteiger partial charge in [0.1, 0.15) is 36.6 Å². The van der Waals surface area contributed by atoms with E-state index in [-0.39, 0.29) is 6.42 Å². The highest BCUT2D eigenvalue weighted by molar-refractivity contribution is 7.47. The number of aliphatic hydroxyl groups is 7. The summed E-state index contributed by atoms with van der Waals surface area (Å²) in [6, 6.07) is -1.25. The van der Waals surface area contributed by atoms with E-state index in [1.807, 2.05) is 0 Å². The van der Waals surface area contributed by atoms with Gasteiger partial charge >= 0.3 is 7.82 Å². The number of amides is 1. The van der Waals surface area contributed by atoms with Crippen molar-refractivity contribution in [3.8, 4) is 0 Å². The number of rotatable bonds is 43. The molecule has 0 aromatic carbocycles. The van der Waals surface area contributed by atoms with Gasteiger partial charge in [0.2, 0.25) is 5.91 Å². The predicted octanol–water partition coefficient (Wildman–Crippen LogP) is 9.54. The highest BCUT2D eigenvalue weighted by Crippen LogP contribution is 2.47. The fourth-order valence-electron chi connectivity index (χ4n) is 8.32. The third-order valence-electron chi connectivity index (χ3n) is 12.5. The lowest BCUT2D eigenvalue weighted by molar-refractivity contribution is -0.220. The van der Waals surface area contributed by atoms with Gasteiger partial charge < -0.3 is 46.0 Å². The second kappa shape index (κ2) is 39.7. The van der Waals surface area contributed by atoms with E-state index >= 15 is 0 Å². The fourth-order valence-corrected chi connectivity index (χ4v) is 9.28. The van der Waals surface area contributed by atoms with Crippen LogP contribution < -0.4 is 5.32 Å². The molecule has 1 aliphatic carbocycles. The Kier molecular flexibility index (Phi) is 37.8. The smallest absolute Gasteiger partial charge is 0.393 e. The molecule has 14 heteroatoms. The molecular formula is C50H96NO12P. The largest absolute Gasteiger partial charge is 0.472 e. The maximum Gasteiger partial charge on any atom is 0.472 e. The van der Waals surface area contributed by atoms with Crippen LogP contribution in [0, 0.1) is 0 Å². The number of allylic oxidation sites excluding steroid dienone is 3. The molecule has 1 aliphatic rings. The molecule has 0 heterocycles. The number of aliphatic hydroxyl groups excluding tert-OH is 7. The molecule has 0 spiro atoms. The average molecular weight is 934 g/mol. The van der Waals surface area contributed by atoms with Crippen molar-refractivity contribution < 1.29 is 59.0 Å². The van der Waals surface area contributed by atoms with Crippen molar-refractivity contribution in [3.63, 3.8) is 0 Å². The van der Waals surface area contributed by atoms with Crippen LogP contribution in [0.15, 0.2) is 24.3 Å². The van der Waals surface area contributed by atoms with Crippen molar-refractivity contribution >= 4 is 13.7 Å². The highest BCUT2D eigenvalue weighted by atomic mass is 31.2. The van der Waals surface area contributed by atoms with Gasteiger partial charge in [-0.25, -0.2) is 4.57 Å². The Labute approximate surface area is 388 Å². The molecule has 0 saturated heterocycles. The minimum absolute atomic E-state index is 0.249. The van der Waals surface area contributed by atoms with Crippen LogP contribution >= 0.6 is 7.82 Å². The molecule has 64 heavy (non-hydrogen) atoms. The van der Waals surface area contributed by atoms with Crippen molar-refractivity contribution in [2.45, 2.75) is 281 Å². The summed E-state index contributed by atoms with van der Waals surface area (Å²) in [6.45, 7) is 3.75. The molecule has 13 nitrogen and oxygen atoms in total. The highest BCUT2D eigenvalue weighted by Gasteiger charge is 2.51. The maximum atomic E-state index is 13.0. The zero-order chi connectivity index (χ0) is 47.3. The molecule has 1 saturated carbocycles. The minimum Gasteiger partial charge on any atom is -0.393 e. The van der Waals surface area contributed by atoms with Gasteiger partial charge in [0.25, 0.3) is 0 Å². The van der Waals surface area contributed by atoms with Gasteiger partial charge in [0, 0.05) is 0 Å². The Bertz CT molecular complexity index is 1190. The van der Waals surface area contributed by atoms with Crippen molar-refractivity contribution in [1.82, 2.24) is 5.32 Å². The zero-order valence-corrected chi connectivity index (χ0v) is 41.1. The van der Waals surface area contributed by atoms with E-state index in [0.29, 0.717) is 12.8 Å². The summed E-state index contributed by atoms with van der Waals surface area (Å²) in [6.07, 6.45) is 31.2. The summed E-state index contributed by atoms with van der Waals surface area (Å²) in [5.41, 5.74) is 0. The standard InChI is InChI=1S/C50H96NO12P/c1-3-5-7-9-11-13-15-17-19-21-22-24-26-28-30-32-34-36-38-43(53)42(40-62-64(60,61)63-50-48(58)46(56)45(55)47(57)49(50)59)51-44(54)39-41(52)37-35-33-31-29-27-25-23-20-18-16-14-12-10-8-6-4-2/h28,30,36,38,41-43,45-50,52-53,55-59H,3-27,29,31-35,37,39-40H2,1-2H3,(H,51,54)(H,60,61)/b30-28+,38-36+. The number of unbranched alkanes of at least 4 members (excludes halogenated alkanes) is 28. The minimum atomic E-state index is -5.15. The number of carbonyl (C=O) groups excluding carboxylic acids is 1. The van der Waals surface area contributed by atoms with Gasteiger partial charge in [0.15, 0.2) is 0 Å². The number of nitrogens with one attached hydrogen (secondary N) is 1. The lowest BCUT2D eigenvalue weighted by Gasteiger charge is -2.41. The summed E-state index contributed by atoms with van der Waals surface area (Å²) in [5, 5.41) is 74.6. The molecular weight excluding hydrogens is 838 g/mol. The van der Waals surface area contributed by atoms with Gasteiger partial charge in [-0.05, 0) is 32.1 Å². The molecule has 378 valence electrons. The van der Waals surface area contributed by atoms with E-state index < -0.39 is 75.2 Å². The van der Waals surface area contributed by atoms with Crippen molar-refractivity contribution in [1.29, 1.82) is 0 Å². The Hall–Kier alpha value is -1.22. The van der Waals surface area contributed by atoms with E-state index in [2.05, 4.69) is 31.3 Å². The van der Waals surface area contributed by atoms with Gasteiger partial charge in [-0.2, -0.15) is 0 Å². The van der Waals surface area contributed by atoms with E-state index in [9.17, 15) is 50.0 Å². The predicted molar refractivity (Wildman–Crippen MR) is 257 cm³/mol. The Balaban J connectivity index is 2.51. The van der Waals surface area contributed by atoms with Crippen LogP contribution in [0.4, 0.5) is 0 Å². The van der Waals surface area contributed by atoms with Gasteiger partial charge in [-0.1, -0.05) is 212 Å². The van der Waals surface area contributed by atoms with E-state index in [1.54, 1.807) is 6.08 Å². The number of phosphoric ester groups is 1. The van der Waals surface area contributed by atoms with Gasteiger partial charge in [-0.3, -0.25) is 13.8 Å². The molecule has 0 aromatic heterocycles. The van der Waals surface area contributed by atoms with Gasteiger partial charge in [-0.15, -0.1) is 0 Å². The number of hydrogen-bond acceptors (Lipinski definition) is 11. The first kappa shape index (κ1) is 60.8. The van der Waals surface area contributed by atoms with Crippen LogP contribution in [0.2, 0.25) is 0 Å². The van der Waals surface area contributed by atoms with Crippen LogP contribution in [0.5, 0.6) is 0 Å². The van der Waals surface area contributed by atoms with E-state index in [4.69, 9.17) is 9.05 Å². The number of carbonyl (C=O) groups is 1. The first-order valence-corrected chi connectivity index (χ1v) is 27.4. The van der Waals surface area contributed by atoms with E-state index in [1.165, 1.54) is 154 Å². The Morgan fingerprint density at radius 3 is 1.38 bits per heavy atom. The topological polar surface area (TPSA) is 226 Å². The molecule has 0 aliphatic heterocycles. The SMILES string of the molecule is CCCCCCCCCCCCCC/C=C/CC/C=C/C(O)C(COP(=O)(O)OC1C(O)C(O)C(O)C(O)C1O)NC(=O)CC(O)CCCCCCCCCCCCCCCCCC. The summed E-state index contributed by atoms with van der Waals surface area (Å²) < 4.78 is 22.9. The fraction of sp³-hybridized carbons (Fsp3) is 0.900. The van der Waals surface area contributed by atoms with Gasteiger partial charge in [0.05, 0.1) is 31.3 Å². The molecule has 0 radical (unpaired) electrons. The second-order valence-corrected chi connectivity index (χ2v) is 20.0. The molecule has 1 amide bonds. The van der Waals surface area contributed by atoms with Crippen molar-refractivity contribution in [3.05, 3.63) is 24.3 Å². The summed E-state index contributed by atoms with van der Waals surface area (Å²) >= 11 is 0. The quantitative estimate of drug-likeness (QED) is 0.0158. The van der Waals surface area contributed by atoms with Crippen molar-refractivity contribution in [2.24, 2.45) is 0 Å². The first-order valence-electron chi connectivity index (χ1n) is 25.9. The first-order chi connectivity index (χ1) is 30.8. The maximum absolute atomic E-state index is 13.0. The van der Waals surface area contributed by atoms with Crippen LogP contribution in [0.1, 0.15) is 226 Å². The number of phosphoric acid groups is 1. The zero-order valence-electron chi connectivity index (χ0n) is 40.2. The Morgan fingerprint density at radius 1 is 0.547 bits per heavy atom. The van der Waals surface area contributed by atoms with Crippen molar-refractivity contribution in [2.75, 3.05) is 6.61 Å². The third-order valence-corrected chi connectivity index (χ3v) is 13.5. The monoisotopic (exact) mass is 934 g/mol. The molecule has 8 unspecified atom stereocenters. The van der Waals surface area contributed by atoms with E-state index in [0.717, 1.165) is 44.9 Å². The van der Waals surface area contributed by atoms with Crippen LogP contribution in [0.25, 0.3) is 0 Å². The molecule has 1 rings (SSSR count). The van der Waals surface area contributed by atoms with Crippen LogP contribution in [-0.4, -0.2) is 108 Å². The number of hydrogen-bond donors (Lipinski definition) is 9. The normalized spacial score (nSPS) is 22.8.